The van der Waals surface area contributed by atoms with Gasteiger partial charge in [-0.25, -0.2) is 0 Å². The fourth-order valence-electron chi connectivity index (χ4n) is 1.51. The second kappa shape index (κ2) is 6.72. The fourth-order valence-corrected chi connectivity index (χ4v) is 1.89. The van der Waals surface area contributed by atoms with Crippen LogP contribution in [0.15, 0.2) is 18.2 Å². The van der Waals surface area contributed by atoms with Gasteiger partial charge in [-0.15, -0.1) is 11.6 Å². The summed E-state index contributed by atoms with van der Waals surface area (Å²) in [6.45, 7) is 3.16. The van der Waals surface area contributed by atoms with Crippen LogP contribution in [0.2, 0.25) is 5.02 Å². The Kier molecular flexibility index (Phi) is 5.59. The van der Waals surface area contributed by atoms with Crippen LogP contribution in [-0.4, -0.2) is 34.9 Å². The van der Waals surface area contributed by atoms with Gasteiger partial charge in [0.2, 0.25) is 0 Å². The molecule has 1 rings (SSSR count). The molecular formula is C12H15Cl2NO2. The van der Waals surface area contributed by atoms with Crippen LogP contribution in [-0.2, 0) is 0 Å². The first-order valence-corrected chi connectivity index (χ1v) is 6.35. The van der Waals surface area contributed by atoms with Gasteiger partial charge in [0.1, 0.15) is 5.75 Å². The minimum Gasteiger partial charge on any atom is -0.506 e. The van der Waals surface area contributed by atoms with Gasteiger partial charge in [-0.3, -0.25) is 4.79 Å². The average Bonchev–Trinajstić information content (AvgIpc) is 2.31. The lowest BCUT2D eigenvalue weighted by Gasteiger charge is -2.21. The molecule has 0 unspecified atom stereocenters. The van der Waals surface area contributed by atoms with Gasteiger partial charge >= 0.3 is 0 Å². The molecule has 1 amide bonds. The van der Waals surface area contributed by atoms with Crippen LogP contribution in [0.25, 0.3) is 0 Å². The van der Waals surface area contributed by atoms with Gasteiger partial charge in [0.15, 0.2) is 0 Å². The summed E-state index contributed by atoms with van der Waals surface area (Å²) < 4.78 is 0. The summed E-state index contributed by atoms with van der Waals surface area (Å²) >= 11 is 11.4. The largest absolute Gasteiger partial charge is 0.506 e. The van der Waals surface area contributed by atoms with Crippen molar-refractivity contribution in [1.29, 1.82) is 0 Å². The van der Waals surface area contributed by atoms with Crippen molar-refractivity contribution < 1.29 is 9.90 Å². The molecule has 0 saturated heterocycles. The lowest BCUT2D eigenvalue weighted by molar-refractivity contribution is 0.0765. The van der Waals surface area contributed by atoms with Crippen LogP contribution in [0.4, 0.5) is 0 Å². The van der Waals surface area contributed by atoms with E-state index in [4.69, 9.17) is 23.2 Å². The molecule has 0 saturated carbocycles. The van der Waals surface area contributed by atoms with E-state index < -0.39 is 0 Å². The molecule has 17 heavy (non-hydrogen) atoms. The third-order valence-electron chi connectivity index (χ3n) is 2.33. The molecule has 0 aliphatic rings. The zero-order chi connectivity index (χ0) is 12.8. The Bertz CT molecular complexity index is 390. The standard InChI is InChI=1S/C12H15Cl2NO2/c1-2-6-15(7-5-13)12(17)9-3-4-11(16)10(14)8-9/h3-4,8,16H,2,5-7H2,1H3. The molecular weight excluding hydrogens is 261 g/mol. The van der Waals surface area contributed by atoms with Crippen molar-refractivity contribution in [1.82, 2.24) is 4.90 Å². The van der Waals surface area contributed by atoms with Crippen LogP contribution in [0, 0.1) is 0 Å². The maximum absolute atomic E-state index is 12.1. The molecule has 0 bridgehead atoms. The topological polar surface area (TPSA) is 40.5 Å². The SMILES string of the molecule is CCCN(CCCl)C(=O)c1ccc(O)c(Cl)c1. The van der Waals surface area contributed by atoms with Crippen molar-refractivity contribution in [2.75, 3.05) is 19.0 Å². The number of aromatic hydroxyl groups is 1. The number of carbonyl (C=O) groups excluding carboxylic acids is 1. The molecule has 0 heterocycles. The van der Waals surface area contributed by atoms with Gasteiger partial charge in [0, 0.05) is 24.5 Å². The van der Waals surface area contributed by atoms with Crippen molar-refractivity contribution >= 4 is 29.1 Å². The quantitative estimate of drug-likeness (QED) is 0.839. The molecule has 5 heteroatoms. The maximum Gasteiger partial charge on any atom is 0.253 e. The van der Waals surface area contributed by atoms with E-state index in [-0.39, 0.29) is 16.7 Å². The van der Waals surface area contributed by atoms with Crippen LogP contribution in [0.3, 0.4) is 0 Å². The Morgan fingerprint density at radius 2 is 2.12 bits per heavy atom. The first kappa shape index (κ1) is 14.1. The van der Waals surface area contributed by atoms with Gasteiger partial charge in [-0.05, 0) is 24.6 Å². The summed E-state index contributed by atoms with van der Waals surface area (Å²) in [6.07, 6.45) is 0.869. The Labute approximate surface area is 111 Å². The zero-order valence-electron chi connectivity index (χ0n) is 9.62. The minimum atomic E-state index is -0.116. The number of phenolic OH excluding ortho intramolecular Hbond substituents is 1. The molecule has 0 fully saturated rings. The van der Waals surface area contributed by atoms with E-state index in [0.29, 0.717) is 24.5 Å². The predicted octanol–water partition coefficient (Wildman–Crippen LogP) is 3.14. The van der Waals surface area contributed by atoms with Crippen LogP contribution in [0.5, 0.6) is 5.75 Å². The number of alkyl halides is 1. The summed E-state index contributed by atoms with van der Waals surface area (Å²) in [7, 11) is 0. The Morgan fingerprint density at radius 3 is 2.65 bits per heavy atom. The normalized spacial score (nSPS) is 10.3. The van der Waals surface area contributed by atoms with Crippen LogP contribution < -0.4 is 0 Å². The fraction of sp³-hybridized carbons (Fsp3) is 0.417. The number of phenols is 1. The number of nitrogens with zero attached hydrogens (tertiary/aromatic N) is 1. The summed E-state index contributed by atoms with van der Waals surface area (Å²) in [6, 6.07) is 4.44. The molecule has 0 radical (unpaired) electrons. The first-order chi connectivity index (χ1) is 8.10. The lowest BCUT2D eigenvalue weighted by atomic mass is 10.2. The number of carbonyl (C=O) groups is 1. The highest BCUT2D eigenvalue weighted by atomic mass is 35.5. The van der Waals surface area contributed by atoms with Gasteiger partial charge < -0.3 is 10.0 Å². The highest BCUT2D eigenvalue weighted by Gasteiger charge is 2.15. The minimum absolute atomic E-state index is 0.0254. The predicted molar refractivity (Wildman–Crippen MR) is 70.0 cm³/mol. The van der Waals surface area contributed by atoms with Crippen molar-refractivity contribution in [3.05, 3.63) is 28.8 Å². The van der Waals surface area contributed by atoms with E-state index in [1.807, 2.05) is 6.92 Å². The molecule has 0 aliphatic heterocycles. The summed E-state index contributed by atoms with van der Waals surface area (Å²) in [5, 5.41) is 9.47. The number of amides is 1. The smallest absolute Gasteiger partial charge is 0.253 e. The molecule has 0 aliphatic carbocycles. The van der Waals surface area contributed by atoms with E-state index >= 15 is 0 Å². The monoisotopic (exact) mass is 275 g/mol. The van der Waals surface area contributed by atoms with E-state index in [9.17, 15) is 9.90 Å². The molecule has 94 valence electrons. The van der Waals surface area contributed by atoms with Gasteiger partial charge in [-0.1, -0.05) is 18.5 Å². The lowest BCUT2D eigenvalue weighted by Crippen LogP contribution is -2.33. The molecule has 1 N–H and O–H groups in total. The van der Waals surface area contributed by atoms with Crippen molar-refractivity contribution in [2.24, 2.45) is 0 Å². The summed E-state index contributed by atoms with van der Waals surface area (Å²) in [4.78, 5) is 13.8. The third-order valence-corrected chi connectivity index (χ3v) is 2.80. The first-order valence-electron chi connectivity index (χ1n) is 5.44. The molecule has 3 nitrogen and oxygen atoms in total. The van der Waals surface area contributed by atoms with Crippen molar-refractivity contribution in [3.8, 4) is 5.75 Å². The highest BCUT2D eigenvalue weighted by molar-refractivity contribution is 6.32. The molecule has 0 spiro atoms. The second-order valence-corrected chi connectivity index (χ2v) is 4.43. The third kappa shape index (κ3) is 3.79. The maximum atomic E-state index is 12.1. The molecule has 1 aromatic carbocycles. The summed E-state index contributed by atoms with van der Waals surface area (Å²) in [5.41, 5.74) is 0.464. The number of rotatable bonds is 5. The van der Waals surface area contributed by atoms with E-state index in [1.165, 1.54) is 12.1 Å². The van der Waals surface area contributed by atoms with Gasteiger partial charge in [0.05, 0.1) is 5.02 Å². The molecule has 0 aromatic heterocycles. The number of benzene rings is 1. The van der Waals surface area contributed by atoms with Crippen LogP contribution >= 0.6 is 23.2 Å². The Morgan fingerprint density at radius 1 is 1.41 bits per heavy atom. The number of halogens is 2. The highest BCUT2D eigenvalue weighted by Crippen LogP contribution is 2.24. The van der Waals surface area contributed by atoms with E-state index in [1.54, 1.807) is 11.0 Å². The number of hydrogen-bond donors (Lipinski definition) is 1. The van der Waals surface area contributed by atoms with Gasteiger partial charge in [0.25, 0.3) is 5.91 Å². The Balaban J connectivity index is 2.88. The summed E-state index contributed by atoms with van der Waals surface area (Å²) in [5.74, 6) is 0.259. The van der Waals surface area contributed by atoms with E-state index in [2.05, 4.69) is 0 Å². The van der Waals surface area contributed by atoms with Crippen molar-refractivity contribution in [2.45, 2.75) is 13.3 Å². The van der Waals surface area contributed by atoms with Crippen LogP contribution in [0.1, 0.15) is 23.7 Å². The number of hydrogen-bond acceptors (Lipinski definition) is 2. The van der Waals surface area contributed by atoms with Gasteiger partial charge in [-0.2, -0.15) is 0 Å². The molecule has 1 aromatic rings. The molecule has 0 atom stereocenters. The average molecular weight is 276 g/mol. The Hall–Kier alpha value is -0.930. The van der Waals surface area contributed by atoms with Crippen molar-refractivity contribution in [3.63, 3.8) is 0 Å². The second-order valence-electron chi connectivity index (χ2n) is 3.65. The van der Waals surface area contributed by atoms with E-state index in [0.717, 1.165) is 6.42 Å². The zero-order valence-corrected chi connectivity index (χ0v) is 11.1.